The Kier molecular flexibility index (Phi) is 6.72. The number of rotatable bonds is 5. The van der Waals surface area contributed by atoms with Crippen molar-refractivity contribution in [1.29, 1.82) is 0 Å². The van der Waals surface area contributed by atoms with Crippen LogP contribution in [0.4, 0.5) is 18.9 Å². The molecule has 6 nitrogen and oxygen atoms in total. The van der Waals surface area contributed by atoms with Crippen LogP contribution in [0.15, 0.2) is 42.5 Å². The Hall–Kier alpha value is -3.23. The number of anilines is 1. The number of piperidine rings is 1. The molecule has 9 heteroatoms. The van der Waals surface area contributed by atoms with Crippen LogP contribution in [0.1, 0.15) is 28.8 Å². The van der Waals surface area contributed by atoms with Gasteiger partial charge in [0.25, 0.3) is 5.91 Å². The van der Waals surface area contributed by atoms with E-state index in [9.17, 15) is 22.8 Å². The van der Waals surface area contributed by atoms with Gasteiger partial charge in [-0.05, 0) is 37.1 Å². The fourth-order valence-corrected chi connectivity index (χ4v) is 3.64. The fraction of sp³-hybridized carbons (Fsp3) is 0.364. The summed E-state index contributed by atoms with van der Waals surface area (Å²) in [5.74, 6) is -0.500. The van der Waals surface area contributed by atoms with Crippen LogP contribution < -0.4 is 14.8 Å². The second kappa shape index (κ2) is 9.28. The molecule has 1 aliphatic rings. The molecule has 0 unspecified atom stereocenters. The molecule has 1 aliphatic heterocycles. The predicted molar refractivity (Wildman–Crippen MR) is 108 cm³/mol. The molecular weight excluding hydrogens is 413 g/mol. The van der Waals surface area contributed by atoms with Crippen LogP contribution in [0, 0.1) is 5.92 Å². The molecule has 31 heavy (non-hydrogen) atoms. The Labute approximate surface area is 177 Å². The summed E-state index contributed by atoms with van der Waals surface area (Å²) in [7, 11) is 2.92. The van der Waals surface area contributed by atoms with E-state index in [1.165, 1.54) is 32.4 Å². The van der Waals surface area contributed by atoms with Gasteiger partial charge in [-0.2, -0.15) is 13.2 Å². The maximum absolute atomic E-state index is 13.2. The highest BCUT2D eigenvalue weighted by atomic mass is 19.4. The van der Waals surface area contributed by atoms with Crippen molar-refractivity contribution in [2.45, 2.75) is 19.0 Å². The number of nitrogens with one attached hydrogen (secondary N) is 1. The number of carbonyl (C=O) groups excluding carboxylic acids is 2. The fourth-order valence-electron chi connectivity index (χ4n) is 3.64. The molecule has 0 atom stereocenters. The zero-order valence-corrected chi connectivity index (χ0v) is 17.2. The average molecular weight is 436 g/mol. The van der Waals surface area contributed by atoms with Gasteiger partial charge in [-0.3, -0.25) is 9.59 Å². The highest BCUT2D eigenvalue weighted by Gasteiger charge is 2.35. The van der Waals surface area contributed by atoms with Crippen molar-refractivity contribution >= 4 is 17.5 Å². The molecule has 166 valence electrons. The first kappa shape index (κ1) is 22.5. The third kappa shape index (κ3) is 4.92. The molecule has 2 amide bonds. The number of likely N-dealkylation sites (tertiary alicyclic amines) is 1. The van der Waals surface area contributed by atoms with Crippen LogP contribution in [0.2, 0.25) is 0 Å². The minimum atomic E-state index is -4.56. The molecule has 0 bridgehead atoms. The number of carbonyl (C=O) groups is 2. The van der Waals surface area contributed by atoms with E-state index in [-0.39, 0.29) is 11.6 Å². The molecule has 3 rings (SSSR count). The lowest BCUT2D eigenvalue weighted by atomic mass is 9.95. The monoisotopic (exact) mass is 436 g/mol. The van der Waals surface area contributed by atoms with Gasteiger partial charge in [-0.15, -0.1) is 0 Å². The maximum Gasteiger partial charge on any atom is 0.418 e. The Balaban J connectivity index is 1.67. The molecule has 0 aliphatic carbocycles. The van der Waals surface area contributed by atoms with Crippen molar-refractivity contribution in [3.05, 3.63) is 53.6 Å². The summed E-state index contributed by atoms with van der Waals surface area (Å²) in [6.45, 7) is 0.581. The standard InChI is InChI=1S/C22H23F3N2O4/c1-30-17-8-5-9-18(31-2)19(17)21(29)27-12-10-14(11-13-27)20(28)26-16-7-4-3-6-15(16)22(23,24)25/h3-9,14H,10-13H2,1-2H3,(H,26,28). The van der Waals surface area contributed by atoms with Gasteiger partial charge in [0.1, 0.15) is 17.1 Å². The summed E-state index contributed by atoms with van der Waals surface area (Å²) in [5.41, 5.74) is -0.856. The lowest BCUT2D eigenvalue weighted by Crippen LogP contribution is -2.41. The average Bonchev–Trinajstić information content (AvgIpc) is 2.77. The summed E-state index contributed by atoms with van der Waals surface area (Å²) in [5, 5.41) is 2.40. The van der Waals surface area contributed by atoms with Gasteiger partial charge in [-0.1, -0.05) is 18.2 Å². The Morgan fingerprint density at radius 2 is 1.55 bits per heavy atom. The number of benzene rings is 2. The topological polar surface area (TPSA) is 67.9 Å². The van der Waals surface area contributed by atoms with E-state index >= 15 is 0 Å². The molecular formula is C22H23F3N2O4. The highest BCUT2D eigenvalue weighted by molar-refractivity contribution is 6.00. The largest absolute Gasteiger partial charge is 0.496 e. The Morgan fingerprint density at radius 3 is 2.10 bits per heavy atom. The van der Waals surface area contributed by atoms with Gasteiger partial charge >= 0.3 is 6.18 Å². The highest BCUT2D eigenvalue weighted by Crippen LogP contribution is 2.35. The summed E-state index contributed by atoms with van der Waals surface area (Å²) in [6, 6.07) is 9.90. The van der Waals surface area contributed by atoms with Gasteiger partial charge in [0.15, 0.2) is 0 Å². The molecule has 0 aromatic heterocycles. The smallest absolute Gasteiger partial charge is 0.418 e. The molecule has 0 radical (unpaired) electrons. The summed E-state index contributed by atoms with van der Waals surface area (Å²) >= 11 is 0. The second-order valence-corrected chi connectivity index (χ2v) is 7.14. The second-order valence-electron chi connectivity index (χ2n) is 7.14. The van der Waals surface area contributed by atoms with Crippen LogP contribution in [0.3, 0.4) is 0 Å². The summed E-state index contributed by atoms with van der Waals surface area (Å²) in [6.07, 6.45) is -3.89. The molecule has 0 saturated carbocycles. The van der Waals surface area contributed by atoms with Gasteiger partial charge in [0.2, 0.25) is 5.91 Å². The van der Waals surface area contributed by atoms with Crippen molar-refractivity contribution in [1.82, 2.24) is 4.90 Å². The van der Waals surface area contributed by atoms with Crippen molar-refractivity contribution in [2.75, 3.05) is 32.6 Å². The lowest BCUT2D eigenvalue weighted by Gasteiger charge is -2.32. The number of methoxy groups -OCH3 is 2. The minimum Gasteiger partial charge on any atom is -0.496 e. The van der Waals surface area contributed by atoms with Crippen molar-refractivity contribution in [3.8, 4) is 11.5 Å². The van der Waals surface area contributed by atoms with E-state index < -0.39 is 23.6 Å². The van der Waals surface area contributed by atoms with Gasteiger partial charge in [0, 0.05) is 19.0 Å². The first-order valence-electron chi connectivity index (χ1n) is 9.73. The van der Waals surface area contributed by atoms with Crippen LogP contribution >= 0.6 is 0 Å². The Bertz CT molecular complexity index is 932. The van der Waals surface area contributed by atoms with Gasteiger partial charge in [-0.25, -0.2) is 0 Å². The van der Waals surface area contributed by atoms with Crippen molar-refractivity contribution in [3.63, 3.8) is 0 Å². The molecule has 1 saturated heterocycles. The molecule has 1 fully saturated rings. The minimum absolute atomic E-state index is 0.266. The normalized spacial score (nSPS) is 14.8. The zero-order chi connectivity index (χ0) is 22.6. The summed E-state index contributed by atoms with van der Waals surface area (Å²) < 4.78 is 50.0. The zero-order valence-electron chi connectivity index (χ0n) is 17.2. The molecule has 0 spiro atoms. The molecule has 1 N–H and O–H groups in total. The number of alkyl halides is 3. The number of hydrogen-bond acceptors (Lipinski definition) is 4. The quantitative estimate of drug-likeness (QED) is 0.763. The number of nitrogens with zero attached hydrogens (tertiary/aromatic N) is 1. The third-order valence-corrected chi connectivity index (χ3v) is 5.28. The summed E-state index contributed by atoms with van der Waals surface area (Å²) in [4.78, 5) is 27.2. The molecule has 1 heterocycles. The van der Waals surface area contributed by atoms with E-state index in [0.717, 1.165) is 6.07 Å². The number of para-hydroxylation sites is 1. The maximum atomic E-state index is 13.2. The number of ether oxygens (including phenoxy) is 2. The predicted octanol–water partition coefficient (Wildman–Crippen LogP) is 4.21. The van der Waals surface area contributed by atoms with E-state index in [4.69, 9.17) is 9.47 Å². The van der Waals surface area contributed by atoms with Crippen molar-refractivity contribution < 1.29 is 32.2 Å². The molecule has 2 aromatic rings. The van der Waals surface area contributed by atoms with E-state index in [0.29, 0.717) is 43.0 Å². The number of hydrogen-bond donors (Lipinski definition) is 1. The Morgan fingerprint density at radius 1 is 0.968 bits per heavy atom. The lowest BCUT2D eigenvalue weighted by molar-refractivity contribution is -0.137. The van der Waals surface area contributed by atoms with E-state index in [1.54, 1.807) is 23.1 Å². The van der Waals surface area contributed by atoms with Crippen LogP contribution in [-0.2, 0) is 11.0 Å². The SMILES string of the molecule is COc1cccc(OC)c1C(=O)N1CCC(C(=O)Nc2ccccc2C(F)(F)F)CC1. The van der Waals surface area contributed by atoms with E-state index in [1.807, 2.05) is 0 Å². The van der Waals surface area contributed by atoms with E-state index in [2.05, 4.69) is 5.32 Å². The first-order valence-corrected chi connectivity index (χ1v) is 9.73. The van der Waals surface area contributed by atoms with Crippen molar-refractivity contribution in [2.24, 2.45) is 5.92 Å². The van der Waals surface area contributed by atoms with Gasteiger partial charge < -0.3 is 19.7 Å². The van der Waals surface area contributed by atoms with Crippen LogP contribution in [0.25, 0.3) is 0 Å². The van der Waals surface area contributed by atoms with Crippen LogP contribution in [0.5, 0.6) is 11.5 Å². The first-order chi connectivity index (χ1) is 14.8. The number of amides is 2. The van der Waals surface area contributed by atoms with Gasteiger partial charge in [0.05, 0.1) is 25.5 Å². The van der Waals surface area contributed by atoms with Crippen LogP contribution in [-0.4, -0.2) is 44.0 Å². The third-order valence-electron chi connectivity index (χ3n) is 5.28. The molecule has 2 aromatic carbocycles. The number of halogens is 3.